The van der Waals surface area contributed by atoms with E-state index in [1.807, 2.05) is 11.8 Å². The fourth-order valence-electron chi connectivity index (χ4n) is 3.09. The number of thioether (sulfide) groups is 1. The molecule has 1 aromatic rings. The predicted octanol–water partition coefficient (Wildman–Crippen LogP) is 3.83. The van der Waals surface area contributed by atoms with Crippen LogP contribution in [0.2, 0.25) is 0 Å². The van der Waals surface area contributed by atoms with E-state index < -0.39 is 0 Å². The van der Waals surface area contributed by atoms with Crippen molar-refractivity contribution in [2.45, 2.75) is 50.0 Å². The van der Waals surface area contributed by atoms with E-state index in [9.17, 15) is 0 Å². The van der Waals surface area contributed by atoms with Gasteiger partial charge in [0.05, 0.1) is 0 Å². The number of nitrogens with two attached hydrogens (primary N) is 1. The molecule has 3 heteroatoms. The van der Waals surface area contributed by atoms with Crippen molar-refractivity contribution in [1.82, 2.24) is 5.43 Å². The summed E-state index contributed by atoms with van der Waals surface area (Å²) in [5.41, 5.74) is 3.07. The number of hydrazine groups is 1. The third kappa shape index (κ3) is 4.51. The highest BCUT2D eigenvalue weighted by Crippen LogP contribution is 2.34. The summed E-state index contributed by atoms with van der Waals surface area (Å²) in [6, 6.07) is 11.1. The highest BCUT2D eigenvalue weighted by atomic mass is 32.2. The summed E-state index contributed by atoms with van der Waals surface area (Å²) in [5.74, 6) is 8.53. The molecule has 0 radical (unpaired) electrons. The van der Waals surface area contributed by atoms with Gasteiger partial charge in [0, 0.05) is 16.7 Å². The monoisotopic (exact) mass is 278 g/mol. The van der Waals surface area contributed by atoms with Gasteiger partial charge in [-0.25, -0.2) is 0 Å². The highest BCUT2D eigenvalue weighted by molar-refractivity contribution is 7.99. The van der Waals surface area contributed by atoms with Crippen LogP contribution in [0.5, 0.6) is 0 Å². The van der Waals surface area contributed by atoms with E-state index in [4.69, 9.17) is 5.84 Å². The second-order valence-electron chi connectivity index (χ2n) is 5.60. The van der Waals surface area contributed by atoms with Crippen LogP contribution in [0.1, 0.15) is 39.0 Å². The average molecular weight is 278 g/mol. The molecule has 3 N–H and O–H groups in total. The standard InChI is InChI=1S/C16H26N2S/c1-2-13-7-6-8-14(11-13)16(18-17)12-19-15-9-4-3-5-10-15/h3-5,9-10,13-14,16,18H,2,6-8,11-12,17H2,1H3. The lowest BCUT2D eigenvalue weighted by molar-refractivity contribution is 0.219. The first-order valence-corrected chi connectivity index (χ1v) is 8.46. The van der Waals surface area contributed by atoms with Crippen LogP contribution < -0.4 is 11.3 Å². The molecule has 1 saturated carbocycles. The number of hydrogen-bond donors (Lipinski definition) is 2. The average Bonchev–Trinajstić information content (AvgIpc) is 2.49. The smallest absolute Gasteiger partial charge is 0.0332 e. The Labute approximate surface area is 121 Å². The van der Waals surface area contributed by atoms with E-state index in [1.165, 1.54) is 37.0 Å². The van der Waals surface area contributed by atoms with Gasteiger partial charge in [-0.05, 0) is 36.8 Å². The lowest BCUT2D eigenvalue weighted by atomic mass is 9.77. The Morgan fingerprint density at radius 1 is 1.32 bits per heavy atom. The Bertz CT molecular complexity index is 355. The van der Waals surface area contributed by atoms with Crippen LogP contribution in [-0.2, 0) is 0 Å². The minimum absolute atomic E-state index is 0.444. The molecule has 19 heavy (non-hydrogen) atoms. The molecule has 3 atom stereocenters. The summed E-state index contributed by atoms with van der Waals surface area (Å²) < 4.78 is 0. The number of benzene rings is 1. The fourth-order valence-corrected chi connectivity index (χ4v) is 4.18. The molecular formula is C16H26N2S. The van der Waals surface area contributed by atoms with Crippen molar-refractivity contribution >= 4 is 11.8 Å². The van der Waals surface area contributed by atoms with Crippen molar-refractivity contribution in [3.63, 3.8) is 0 Å². The van der Waals surface area contributed by atoms with Crippen molar-refractivity contribution in [2.24, 2.45) is 17.7 Å². The third-order valence-corrected chi connectivity index (χ3v) is 5.49. The molecule has 2 rings (SSSR count). The van der Waals surface area contributed by atoms with Gasteiger partial charge in [-0.3, -0.25) is 11.3 Å². The normalized spacial score (nSPS) is 25.2. The molecule has 106 valence electrons. The van der Waals surface area contributed by atoms with E-state index in [-0.39, 0.29) is 0 Å². The second-order valence-corrected chi connectivity index (χ2v) is 6.69. The maximum Gasteiger partial charge on any atom is 0.0332 e. The Balaban J connectivity index is 1.85. The van der Waals surface area contributed by atoms with E-state index >= 15 is 0 Å². The predicted molar refractivity (Wildman–Crippen MR) is 84.0 cm³/mol. The number of nitrogens with one attached hydrogen (secondary N) is 1. The Hall–Kier alpha value is -0.510. The van der Waals surface area contributed by atoms with E-state index in [1.54, 1.807) is 0 Å². The summed E-state index contributed by atoms with van der Waals surface area (Å²) in [7, 11) is 0. The molecule has 0 bridgehead atoms. The van der Waals surface area contributed by atoms with Gasteiger partial charge in [-0.2, -0.15) is 0 Å². The largest absolute Gasteiger partial charge is 0.271 e. The Morgan fingerprint density at radius 3 is 2.79 bits per heavy atom. The lowest BCUT2D eigenvalue weighted by Crippen LogP contribution is -2.44. The molecule has 0 aromatic heterocycles. The lowest BCUT2D eigenvalue weighted by Gasteiger charge is -2.33. The zero-order valence-electron chi connectivity index (χ0n) is 11.8. The van der Waals surface area contributed by atoms with Gasteiger partial charge in [-0.15, -0.1) is 11.8 Å². The summed E-state index contributed by atoms with van der Waals surface area (Å²) in [6.45, 7) is 2.32. The first kappa shape index (κ1) is 14.9. The van der Waals surface area contributed by atoms with Gasteiger partial charge in [0.25, 0.3) is 0 Å². The summed E-state index contributed by atoms with van der Waals surface area (Å²) >= 11 is 1.91. The van der Waals surface area contributed by atoms with E-state index in [2.05, 4.69) is 42.7 Å². The molecule has 0 amide bonds. The van der Waals surface area contributed by atoms with E-state index in [0.29, 0.717) is 6.04 Å². The molecule has 0 spiro atoms. The van der Waals surface area contributed by atoms with Crippen molar-refractivity contribution in [1.29, 1.82) is 0 Å². The van der Waals surface area contributed by atoms with Crippen molar-refractivity contribution in [3.8, 4) is 0 Å². The molecule has 3 unspecified atom stereocenters. The number of rotatable bonds is 6. The quantitative estimate of drug-likeness (QED) is 0.472. The van der Waals surface area contributed by atoms with Crippen molar-refractivity contribution in [3.05, 3.63) is 30.3 Å². The van der Waals surface area contributed by atoms with Gasteiger partial charge in [0.1, 0.15) is 0 Å². The molecule has 0 aliphatic heterocycles. The first-order chi connectivity index (χ1) is 9.33. The maximum absolute atomic E-state index is 5.79. The van der Waals surface area contributed by atoms with Gasteiger partial charge >= 0.3 is 0 Å². The molecule has 0 saturated heterocycles. The van der Waals surface area contributed by atoms with Crippen molar-refractivity contribution < 1.29 is 0 Å². The number of hydrogen-bond acceptors (Lipinski definition) is 3. The van der Waals surface area contributed by atoms with Crippen molar-refractivity contribution in [2.75, 3.05) is 5.75 Å². The fraction of sp³-hybridized carbons (Fsp3) is 0.625. The molecule has 2 nitrogen and oxygen atoms in total. The van der Waals surface area contributed by atoms with E-state index in [0.717, 1.165) is 17.6 Å². The third-order valence-electron chi connectivity index (χ3n) is 4.36. The van der Waals surface area contributed by atoms with Gasteiger partial charge < -0.3 is 0 Å². The molecule has 1 aromatic carbocycles. The molecule has 1 aliphatic rings. The molecule has 0 heterocycles. The van der Waals surface area contributed by atoms with Crippen LogP contribution in [0.4, 0.5) is 0 Å². The van der Waals surface area contributed by atoms with Crippen LogP contribution in [0, 0.1) is 11.8 Å². The van der Waals surface area contributed by atoms with Crippen LogP contribution >= 0.6 is 11.8 Å². The summed E-state index contributed by atoms with van der Waals surface area (Å²) in [5, 5.41) is 0. The zero-order chi connectivity index (χ0) is 13.5. The Morgan fingerprint density at radius 2 is 2.11 bits per heavy atom. The summed E-state index contributed by atoms with van der Waals surface area (Å²) in [4.78, 5) is 1.34. The maximum atomic E-state index is 5.79. The van der Waals surface area contributed by atoms with Crippen LogP contribution in [0.15, 0.2) is 35.2 Å². The van der Waals surface area contributed by atoms with Gasteiger partial charge in [0.2, 0.25) is 0 Å². The van der Waals surface area contributed by atoms with Crippen LogP contribution in [0.25, 0.3) is 0 Å². The van der Waals surface area contributed by atoms with Gasteiger partial charge in [0.15, 0.2) is 0 Å². The first-order valence-electron chi connectivity index (χ1n) is 7.47. The Kier molecular flexibility index (Phi) is 6.21. The zero-order valence-corrected chi connectivity index (χ0v) is 12.7. The topological polar surface area (TPSA) is 38.0 Å². The minimum Gasteiger partial charge on any atom is -0.271 e. The minimum atomic E-state index is 0.444. The molecule has 1 fully saturated rings. The molecule has 1 aliphatic carbocycles. The molecular weight excluding hydrogens is 252 g/mol. The highest BCUT2D eigenvalue weighted by Gasteiger charge is 2.27. The summed E-state index contributed by atoms with van der Waals surface area (Å²) in [6.07, 6.45) is 6.79. The van der Waals surface area contributed by atoms with Crippen LogP contribution in [0.3, 0.4) is 0 Å². The SMILES string of the molecule is CCC1CCCC(C(CSc2ccccc2)NN)C1. The van der Waals surface area contributed by atoms with Crippen LogP contribution in [-0.4, -0.2) is 11.8 Å². The van der Waals surface area contributed by atoms with Gasteiger partial charge in [-0.1, -0.05) is 44.4 Å². The second kappa shape index (κ2) is 7.93.